The molecule has 0 atom stereocenters. The van der Waals surface area contributed by atoms with Crippen LogP contribution >= 0.6 is 12.6 Å². The number of thiol groups is 1. The lowest BCUT2D eigenvalue weighted by atomic mass is 10.1. The molecule has 0 aliphatic carbocycles. The molecule has 0 aromatic heterocycles. The van der Waals surface area contributed by atoms with Gasteiger partial charge < -0.3 is 9.64 Å². The molecular formula is C26H49NO2S. The number of carbonyl (C=O) groups excluding carboxylic acids is 1. The van der Waals surface area contributed by atoms with Crippen molar-refractivity contribution in [1.82, 2.24) is 4.90 Å². The highest BCUT2D eigenvalue weighted by atomic mass is 32.1. The van der Waals surface area contributed by atoms with E-state index in [1.54, 1.807) is 11.0 Å². The van der Waals surface area contributed by atoms with Crippen LogP contribution in [0.3, 0.4) is 0 Å². The van der Waals surface area contributed by atoms with E-state index >= 15 is 0 Å². The van der Waals surface area contributed by atoms with Gasteiger partial charge in [-0.2, -0.15) is 0 Å². The van der Waals surface area contributed by atoms with Crippen molar-refractivity contribution in [3.05, 3.63) is 49.1 Å². The van der Waals surface area contributed by atoms with E-state index < -0.39 is 4.93 Å². The molecule has 0 rings (SSSR count). The minimum Gasteiger partial charge on any atom is -0.432 e. The van der Waals surface area contributed by atoms with Crippen molar-refractivity contribution >= 4 is 18.7 Å². The first-order chi connectivity index (χ1) is 14.3. The van der Waals surface area contributed by atoms with Gasteiger partial charge in [-0.1, -0.05) is 76.5 Å². The van der Waals surface area contributed by atoms with Crippen molar-refractivity contribution in [2.24, 2.45) is 0 Å². The highest BCUT2D eigenvalue weighted by Gasteiger charge is 2.30. The fourth-order valence-corrected chi connectivity index (χ4v) is 2.72. The Hall–Kier alpha value is -1.42. The fourth-order valence-electron chi connectivity index (χ4n) is 2.32. The van der Waals surface area contributed by atoms with Gasteiger partial charge >= 0.3 is 6.09 Å². The molecule has 4 heteroatoms. The Labute approximate surface area is 193 Å². The second-order valence-electron chi connectivity index (χ2n) is 7.04. The maximum Gasteiger partial charge on any atom is 0.411 e. The predicted molar refractivity (Wildman–Crippen MR) is 139 cm³/mol. The van der Waals surface area contributed by atoms with Gasteiger partial charge in [-0.25, -0.2) is 4.79 Å². The summed E-state index contributed by atoms with van der Waals surface area (Å²) in [6, 6.07) is 0. The van der Waals surface area contributed by atoms with Crippen molar-refractivity contribution in [3.8, 4) is 0 Å². The van der Waals surface area contributed by atoms with E-state index in [4.69, 9.17) is 17.4 Å². The predicted octanol–water partition coefficient (Wildman–Crippen LogP) is 8.75. The van der Waals surface area contributed by atoms with E-state index in [0.717, 1.165) is 50.5 Å². The largest absolute Gasteiger partial charge is 0.432 e. The van der Waals surface area contributed by atoms with Crippen LogP contribution in [-0.2, 0) is 4.74 Å². The summed E-state index contributed by atoms with van der Waals surface area (Å²) in [5.41, 5.74) is 1.06. The topological polar surface area (TPSA) is 29.5 Å². The second-order valence-corrected chi connectivity index (χ2v) is 7.85. The lowest BCUT2D eigenvalue weighted by molar-refractivity contribution is 0.0376. The summed E-state index contributed by atoms with van der Waals surface area (Å²) in [6.45, 7) is 22.5. The molecule has 0 radical (unpaired) electrons. The molecule has 0 aliphatic rings. The first kappa shape index (κ1) is 33.2. The molecule has 0 unspecified atom stereocenters. The van der Waals surface area contributed by atoms with E-state index in [0.29, 0.717) is 13.1 Å². The summed E-state index contributed by atoms with van der Waals surface area (Å²) in [4.78, 5) is 13.8. The van der Waals surface area contributed by atoms with Gasteiger partial charge in [0.15, 0.2) is 4.93 Å². The maximum absolute atomic E-state index is 12.7. The minimum atomic E-state index is -0.669. The average Bonchev–Trinajstić information content (AvgIpc) is 2.72. The Morgan fingerprint density at radius 3 is 2.00 bits per heavy atom. The zero-order valence-electron chi connectivity index (χ0n) is 20.9. The van der Waals surface area contributed by atoms with Gasteiger partial charge in [0.25, 0.3) is 0 Å². The van der Waals surface area contributed by atoms with E-state index in [9.17, 15) is 4.79 Å². The minimum absolute atomic E-state index is 0.284. The van der Waals surface area contributed by atoms with Gasteiger partial charge in [0.2, 0.25) is 0 Å². The number of allylic oxidation sites excluding steroid dienone is 4. The van der Waals surface area contributed by atoms with Crippen molar-refractivity contribution in [2.75, 3.05) is 13.1 Å². The summed E-state index contributed by atoms with van der Waals surface area (Å²) in [5, 5.41) is 0. The lowest BCUT2D eigenvalue weighted by Gasteiger charge is -2.32. The SMILES string of the molecule is C=C(C)CCN(C/C=C/C=C\C)C(=O)OC(S)(CCCC)CCCC.C=CC.CC. The molecule has 0 saturated carbocycles. The van der Waals surface area contributed by atoms with Crippen molar-refractivity contribution < 1.29 is 9.53 Å². The number of unbranched alkanes of at least 4 members (excludes halogenated alkanes) is 2. The lowest BCUT2D eigenvalue weighted by Crippen LogP contribution is -2.39. The monoisotopic (exact) mass is 439 g/mol. The molecule has 0 heterocycles. The van der Waals surface area contributed by atoms with Crippen molar-refractivity contribution in [1.29, 1.82) is 0 Å². The molecule has 0 bridgehead atoms. The maximum atomic E-state index is 12.7. The van der Waals surface area contributed by atoms with Gasteiger partial charge in [-0.15, -0.1) is 25.8 Å². The number of hydrogen-bond acceptors (Lipinski definition) is 3. The third-order valence-corrected chi connectivity index (χ3v) is 4.49. The number of amides is 1. The first-order valence-corrected chi connectivity index (χ1v) is 11.9. The third-order valence-electron chi connectivity index (χ3n) is 3.95. The summed E-state index contributed by atoms with van der Waals surface area (Å²) in [7, 11) is 0. The Bertz CT molecular complexity index is 475. The summed E-state index contributed by atoms with van der Waals surface area (Å²) in [6.07, 6.45) is 15.8. The van der Waals surface area contributed by atoms with Crippen LogP contribution in [0.5, 0.6) is 0 Å². The first-order valence-electron chi connectivity index (χ1n) is 11.5. The zero-order chi connectivity index (χ0) is 23.8. The van der Waals surface area contributed by atoms with Gasteiger partial charge in [0, 0.05) is 13.1 Å². The molecule has 0 fully saturated rings. The van der Waals surface area contributed by atoms with E-state index in [1.165, 1.54) is 0 Å². The fraction of sp³-hybridized carbons (Fsp3) is 0.654. The molecule has 176 valence electrons. The van der Waals surface area contributed by atoms with Crippen molar-refractivity contribution in [3.63, 3.8) is 0 Å². The van der Waals surface area contributed by atoms with Crippen LogP contribution in [0, 0.1) is 0 Å². The number of hydrogen-bond donors (Lipinski definition) is 1. The average molecular weight is 440 g/mol. The molecule has 30 heavy (non-hydrogen) atoms. The molecule has 0 N–H and O–H groups in total. The van der Waals surface area contributed by atoms with Crippen LogP contribution in [-0.4, -0.2) is 29.0 Å². The molecule has 0 aromatic carbocycles. The highest BCUT2D eigenvalue weighted by molar-refractivity contribution is 7.81. The smallest absolute Gasteiger partial charge is 0.411 e. The number of carbonyl (C=O) groups is 1. The van der Waals surface area contributed by atoms with Crippen LogP contribution < -0.4 is 0 Å². The zero-order valence-corrected chi connectivity index (χ0v) is 21.8. The molecule has 3 nitrogen and oxygen atoms in total. The van der Waals surface area contributed by atoms with Gasteiger partial charge in [-0.3, -0.25) is 0 Å². The van der Waals surface area contributed by atoms with Crippen LogP contribution in [0.1, 0.15) is 93.4 Å². The number of rotatable bonds is 13. The molecular weight excluding hydrogens is 390 g/mol. The summed E-state index contributed by atoms with van der Waals surface area (Å²) >= 11 is 4.74. The van der Waals surface area contributed by atoms with Crippen LogP contribution in [0.2, 0.25) is 0 Å². The van der Waals surface area contributed by atoms with Crippen molar-refractivity contribution in [2.45, 2.75) is 98.3 Å². The Balaban J connectivity index is -0.00000133. The quantitative estimate of drug-likeness (QED) is 0.134. The Morgan fingerprint density at radius 1 is 1.10 bits per heavy atom. The number of ether oxygens (including phenoxy) is 1. The number of nitrogens with zero attached hydrogens (tertiary/aromatic N) is 1. The summed E-state index contributed by atoms with van der Waals surface area (Å²) < 4.78 is 5.86. The van der Waals surface area contributed by atoms with Crippen LogP contribution in [0.25, 0.3) is 0 Å². The Morgan fingerprint density at radius 2 is 1.60 bits per heavy atom. The van der Waals surface area contributed by atoms with Crippen LogP contribution in [0.4, 0.5) is 4.79 Å². The van der Waals surface area contributed by atoms with Gasteiger partial charge in [-0.05, 0) is 52.9 Å². The van der Waals surface area contributed by atoms with E-state index in [1.807, 2.05) is 58.9 Å². The van der Waals surface area contributed by atoms with E-state index in [-0.39, 0.29) is 6.09 Å². The van der Waals surface area contributed by atoms with Gasteiger partial charge in [0.1, 0.15) is 0 Å². The molecule has 0 saturated heterocycles. The van der Waals surface area contributed by atoms with Gasteiger partial charge in [0.05, 0.1) is 0 Å². The summed E-state index contributed by atoms with van der Waals surface area (Å²) in [5.74, 6) is 0. The molecule has 0 aliphatic heterocycles. The van der Waals surface area contributed by atoms with E-state index in [2.05, 4.69) is 27.0 Å². The molecule has 0 aromatic rings. The highest BCUT2D eigenvalue weighted by Crippen LogP contribution is 2.30. The molecule has 0 spiro atoms. The molecule has 1 amide bonds. The Kier molecular flexibility index (Phi) is 26.4. The normalized spacial score (nSPS) is 10.7. The standard InChI is InChI=1S/C21H37NO2S.C3H6.C2H6/c1-6-9-12-13-17-22(18-14-19(4)5)20(23)24-21(25,15-10-7-2)16-11-8-3;1-3-2;1-2/h6,9,12-13,25H,4,7-8,10-11,14-18H2,1-3,5H3;3H,1H2,2H3;1-2H3/b9-6-,13-12+;;. The second kappa shape index (κ2) is 23.9. The van der Waals surface area contributed by atoms with Crippen LogP contribution in [0.15, 0.2) is 49.1 Å². The third kappa shape index (κ3) is 21.3.